The topological polar surface area (TPSA) is 15.3 Å². The van der Waals surface area contributed by atoms with Crippen molar-refractivity contribution in [2.75, 3.05) is 19.6 Å². The summed E-state index contributed by atoms with van der Waals surface area (Å²) < 4.78 is 15.2. The summed E-state index contributed by atoms with van der Waals surface area (Å²) in [6.45, 7) is 5.22. The minimum atomic E-state index is -0.0878. The van der Waals surface area contributed by atoms with Crippen molar-refractivity contribution in [2.45, 2.75) is 50.6 Å². The molecule has 1 unspecified atom stereocenters. The van der Waals surface area contributed by atoms with Crippen LogP contribution in [-0.4, -0.2) is 30.1 Å². The molecule has 3 rings (SSSR count). The van der Waals surface area contributed by atoms with Gasteiger partial charge in [-0.3, -0.25) is 4.90 Å². The Hall–Kier alpha value is -0.450. The second-order valence-corrected chi connectivity index (χ2v) is 7.41. The Labute approximate surface area is 135 Å². The van der Waals surface area contributed by atoms with Gasteiger partial charge in [-0.05, 0) is 38.0 Å². The zero-order valence-corrected chi connectivity index (χ0v) is 14.3. The van der Waals surface area contributed by atoms with Crippen LogP contribution in [0.3, 0.4) is 0 Å². The fourth-order valence-electron chi connectivity index (χ4n) is 4.14. The molecule has 1 heterocycles. The first-order chi connectivity index (χ1) is 10.1. The number of piperazine rings is 1. The van der Waals surface area contributed by atoms with Gasteiger partial charge in [0.2, 0.25) is 0 Å². The first kappa shape index (κ1) is 15.4. The van der Waals surface area contributed by atoms with Gasteiger partial charge in [-0.25, -0.2) is 4.39 Å². The first-order valence-corrected chi connectivity index (χ1v) is 8.84. The maximum absolute atomic E-state index is 14.3. The van der Waals surface area contributed by atoms with Crippen molar-refractivity contribution < 1.29 is 4.39 Å². The van der Waals surface area contributed by atoms with Crippen LogP contribution in [0.5, 0.6) is 0 Å². The Bertz CT molecular complexity index is 491. The highest BCUT2D eigenvalue weighted by atomic mass is 79.9. The van der Waals surface area contributed by atoms with Crippen LogP contribution in [0.4, 0.5) is 4.39 Å². The third kappa shape index (κ3) is 3.03. The number of hydrogen-bond donors (Lipinski definition) is 1. The third-order valence-electron chi connectivity index (χ3n) is 5.25. The van der Waals surface area contributed by atoms with E-state index in [2.05, 4.69) is 33.1 Å². The molecule has 1 N–H and O–H groups in total. The Balaban J connectivity index is 1.90. The SMILES string of the molecule is CC(c1cc(Br)ccc1F)N1CCNCC12CCCCC2. The van der Waals surface area contributed by atoms with Crippen LogP contribution in [-0.2, 0) is 0 Å². The molecule has 116 valence electrons. The van der Waals surface area contributed by atoms with Gasteiger partial charge in [0, 0.05) is 41.3 Å². The number of nitrogens with one attached hydrogen (secondary N) is 1. The highest BCUT2D eigenvalue weighted by Gasteiger charge is 2.42. The molecule has 0 aromatic heterocycles. The smallest absolute Gasteiger partial charge is 0.128 e. The van der Waals surface area contributed by atoms with E-state index < -0.39 is 0 Å². The Morgan fingerprint density at radius 2 is 2.05 bits per heavy atom. The van der Waals surface area contributed by atoms with Gasteiger partial charge in [0.15, 0.2) is 0 Å². The summed E-state index contributed by atoms with van der Waals surface area (Å²) in [6.07, 6.45) is 6.41. The second-order valence-electron chi connectivity index (χ2n) is 6.50. The van der Waals surface area contributed by atoms with E-state index in [1.54, 1.807) is 12.1 Å². The minimum Gasteiger partial charge on any atom is -0.314 e. The zero-order chi connectivity index (χ0) is 14.9. The monoisotopic (exact) mass is 354 g/mol. The van der Waals surface area contributed by atoms with Crippen molar-refractivity contribution in [3.63, 3.8) is 0 Å². The Morgan fingerprint density at radius 1 is 1.29 bits per heavy atom. The van der Waals surface area contributed by atoms with E-state index in [-0.39, 0.29) is 17.4 Å². The number of halogens is 2. The standard InChI is InChI=1S/C17H24BrFN2/c1-13(15-11-14(18)5-6-16(15)19)21-10-9-20-12-17(21)7-3-2-4-8-17/h5-6,11,13,20H,2-4,7-10,12H2,1H3. The van der Waals surface area contributed by atoms with Gasteiger partial charge >= 0.3 is 0 Å². The van der Waals surface area contributed by atoms with E-state index >= 15 is 0 Å². The predicted octanol–water partition coefficient (Wildman–Crippen LogP) is 4.26. The summed E-state index contributed by atoms with van der Waals surface area (Å²) in [5, 5.41) is 3.56. The summed E-state index contributed by atoms with van der Waals surface area (Å²) in [7, 11) is 0. The third-order valence-corrected chi connectivity index (χ3v) is 5.75. The van der Waals surface area contributed by atoms with Crippen LogP contribution in [0.2, 0.25) is 0 Å². The first-order valence-electron chi connectivity index (χ1n) is 8.05. The van der Waals surface area contributed by atoms with Crippen LogP contribution in [0, 0.1) is 5.82 Å². The summed E-state index contributed by atoms with van der Waals surface area (Å²) in [5.41, 5.74) is 1.04. The lowest BCUT2D eigenvalue weighted by molar-refractivity contribution is -0.00375. The molecule has 1 atom stereocenters. The molecule has 1 saturated heterocycles. The summed E-state index contributed by atoms with van der Waals surface area (Å²) >= 11 is 3.48. The second kappa shape index (κ2) is 6.35. The molecule has 1 aromatic rings. The Morgan fingerprint density at radius 3 is 2.81 bits per heavy atom. The average molecular weight is 355 g/mol. The fraction of sp³-hybridized carbons (Fsp3) is 0.647. The van der Waals surface area contributed by atoms with E-state index in [0.29, 0.717) is 0 Å². The molecule has 2 nitrogen and oxygen atoms in total. The van der Waals surface area contributed by atoms with Crippen LogP contribution in [0.25, 0.3) is 0 Å². The molecule has 4 heteroatoms. The number of nitrogens with zero attached hydrogens (tertiary/aromatic N) is 1. The summed E-state index contributed by atoms with van der Waals surface area (Å²) in [6, 6.07) is 5.42. The molecule has 1 aromatic carbocycles. The van der Waals surface area contributed by atoms with E-state index in [4.69, 9.17) is 0 Å². The predicted molar refractivity (Wildman–Crippen MR) is 87.9 cm³/mol. The summed E-state index contributed by atoms with van der Waals surface area (Å²) in [4.78, 5) is 2.56. The lowest BCUT2D eigenvalue weighted by Gasteiger charge is -2.52. The van der Waals surface area contributed by atoms with Crippen LogP contribution in [0.1, 0.15) is 50.6 Å². The van der Waals surface area contributed by atoms with Gasteiger partial charge in [-0.1, -0.05) is 35.2 Å². The summed E-state index contributed by atoms with van der Waals surface area (Å²) in [5.74, 6) is -0.0878. The van der Waals surface area contributed by atoms with Crippen LogP contribution < -0.4 is 5.32 Å². The fourth-order valence-corrected chi connectivity index (χ4v) is 4.52. The lowest BCUT2D eigenvalue weighted by atomic mass is 9.78. The van der Waals surface area contributed by atoms with Crippen molar-refractivity contribution >= 4 is 15.9 Å². The van der Waals surface area contributed by atoms with E-state index in [1.165, 1.54) is 32.1 Å². The zero-order valence-electron chi connectivity index (χ0n) is 12.7. The van der Waals surface area contributed by atoms with Crippen molar-refractivity contribution in [2.24, 2.45) is 0 Å². The normalized spacial score (nSPS) is 24.1. The molecule has 0 amide bonds. The molecule has 1 saturated carbocycles. The van der Waals surface area contributed by atoms with E-state index in [0.717, 1.165) is 29.7 Å². The molecule has 21 heavy (non-hydrogen) atoms. The van der Waals surface area contributed by atoms with Crippen LogP contribution in [0.15, 0.2) is 22.7 Å². The van der Waals surface area contributed by atoms with Gasteiger partial charge < -0.3 is 5.32 Å². The van der Waals surface area contributed by atoms with Crippen LogP contribution >= 0.6 is 15.9 Å². The maximum atomic E-state index is 14.3. The molecule has 2 aliphatic rings. The van der Waals surface area contributed by atoms with Gasteiger partial charge in [-0.15, -0.1) is 0 Å². The molecular formula is C17H24BrFN2. The average Bonchev–Trinajstić information content (AvgIpc) is 2.50. The molecule has 1 spiro atoms. The largest absolute Gasteiger partial charge is 0.314 e. The van der Waals surface area contributed by atoms with Crippen molar-refractivity contribution in [3.05, 3.63) is 34.1 Å². The number of benzene rings is 1. The van der Waals surface area contributed by atoms with Crippen molar-refractivity contribution in [1.82, 2.24) is 10.2 Å². The Kier molecular flexibility index (Phi) is 4.67. The van der Waals surface area contributed by atoms with Crippen molar-refractivity contribution in [1.29, 1.82) is 0 Å². The highest BCUT2D eigenvalue weighted by Crippen LogP contribution is 2.40. The quantitative estimate of drug-likeness (QED) is 0.853. The molecule has 0 bridgehead atoms. The van der Waals surface area contributed by atoms with Gasteiger partial charge in [0.25, 0.3) is 0 Å². The maximum Gasteiger partial charge on any atom is 0.128 e. The van der Waals surface area contributed by atoms with Gasteiger partial charge in [0.1, 0.15) is 5.82 Å². The molecular weight excluding hydrogens is 331 g/mol. The number of hydrogen-bond acceptors (Lipinski definition) is 2. The lowest BCUT2D eigenvalue weighted by Crippen LogP contribution is -2.62. The number of rotatable bonds is 2. The molecule has 1 aliphatic heterocycles. The van der Waals surface area contributed by atoms with E-state index in [1.807, 2.05) is 6.07 Å². The molecule has 2 fully saturated rings. The highest BCUT2D eigenvalue weighted by molar-refractivity contribution is 9.10. The molecule has 0 radical (unpaired) electrons. The van der Waals surface area contributed by atoms with Gasteiger partial charge in [0.05, 0.1) is 0 Å². The minimum absolute atomic E-state index is 0.0878. The van der Waals surface area contributed by atoms with Gasteiger partial charge in [-0.2, -0.15) is 0 Å². The molecule has 1 aliphatic carbocycles. The van der Waals surface area contributed by atoms with Crippen molar-refractivity contribution in [3.8, 4) is 0 Å². The van der Waals surface area contributed by atoms with E-state index in [9.17, 15) is 4.39 Å².